The molecule has 0 atom stereocenters. The van der Waals surface area contributed by atoms with Gasteiger partial charge in [-0.05, 0) is 66.3 Å². The highest BCUT2D eigenvalue weighted by molar-refractivity contribution is 9.10. The van der Waals surface area contributed by atoms with Gasteiger partial charge in [0, 0.05) is 30.8 Å². The van der Waals surface area contributed by atoms with Crippen LogP contribution in [0.2, 0.25) is 0 Å². The van der Waals surface area contributed by atoms with E-state index in [2.05, 4.69) is 52.0 Å². The summed E-state index contributed by atoms with van der Waals surface area (Å²) in [4.78, 5) is 2.39. The lowest BCUT2D eigenvalue weighted by molar-refractivity contribution is 0.0397. The van der Waals surface area contributed by atoms with Gasteiger partial charge in [-0.15, -0.1) is 0 Å². The molecule has 5 heteroatoms. The molecule has 0 aromatic heterocycles. The molecular weight excluding hydrogens is 394 g/mol. The lowest BCUT2D eigenvalue weighted by Crippen LogP contribution is -2.42. The van der Waals surface area contributed by atoms with Crippen LogP contribution in [0.4, 0.5) is 0 Å². The van der Waals surface area contributed by atoms with Crippen LogP contribution >= 0.6 is 15.9 Å². The van der Waals surface area contributed by atoms with Gasteiger partial charge >= 0.3 is 0 Å². The lowest BCUT2D eigenvalue weighted by Gasteiger charge is -2.39. The number of aliphatic hydroxyl groups excluding tert-OH is 2. The van der Waals surface area contributed by atoms with Crippen LogP contribution < -0.4 is 4.74 Å². The van der Waals surface area contributed by atoms with E-state index in [4.69, 9.17) is 4.74 Å². The zero-order chi connectivity index (χ0) is 18.7. The van der Waals surface area contributed by atoms with E-state index in [1.165, 1.54) is 22.3 Å². The maximum atomic E-state index is 9.80. The van der Waals surface area contributed by atoms with Gasteiger partial charge in [-0.2, -0.15) is 0 Å². The van der Waals surface area contributed by atoms with Crippen LogP contribution in [0.1, 0.15) is 35.1 Å². The number of aryl methyl sites for hydroxylation is 1. The Morgan fingerprint density at radius 1 is 1.12 bits per heavy atom. The number of methoxy groups -OCH3 is 1. The summed E-state index contributed by atoms with van der Waals surface area (Å²) in [6, 6.07) is 12.4. The van der Waals surface area contributed by atoms with Gasteiger partial charge in [0.2, 0.25) is 0 Å². The molecule has 140 valence electrons. The van der Waals surface area contributed by atoms with E-state index in [-0.39, 0.29) is 18.8 Å². The minimum Gasteiger partial charge on any atom is -0.497 e. The average molecular weight is 420 g/mol. The second kappa shape index (κ2) is 8.09. The molecule has 3 rings (SSSR count). The summed E-state index contributed by atoms with van der Waals surface area (Å²) < 4.78 is 6.29. The summed E-state index contributed by atoms with van der Waals surface area (Å²) in [5.74, 6) is 0.843. The number of nitrogens with zero attached hydrogens (tertiary/aromatic N) is 1. The van der Waals surface area contributed by atoms with Gasteiger partial charge in [-0.25, -0.2) is 0 Å². The summed E-state index contributed by atoms with van der Waals surface area (Å²) in [5.41, 5.74) is 4.61. The maximum absolute atomic E-state index is 9.80. The zero-order valence-corrected chi connectivity index (χ0v) is 16.9. The quantitative estimate of drug-likeness (QED) is 0.717. The normalized spacial score (nSPS) is 15.9. The molecule has 0 saturated heterocycles. The van der Waals surface area contributed by atoms with Crippen LogP contribution in [-0.4, -0.2) is 35.4 Å². The van der Waals surface area contributed by atoms with Gasteiger partial charge in [-0.1, -0.05) is 28.1 Å². The molecule has 0 unspecified atom stereocenters. The molecule has 1 heterocycles. The molecule has 0 aliphatic carbocycles. The monoisotopic (exact) mass is 419 g/mol. The minimum atomic E-state index is -0.354. The van der Waals surface area contributed by atoms with Gasteiger partial charge in [0.15, 0.2) is 0 Å². The van der Waals surface area contributed by atoms with Crippen molar-refractivity contribution in [2.24, 2.45) is 0 Å². The third-order valence-corrected chi connectivity index (χ3v) is 5.93. The summed E-state index contributed by atoms with van der Waals surface area (Å²) >= 11 is 3.61. The molecule has 0 radical (unpaired) electrons. The Bertz CT molecular complexity index is 755. The topological polar surface area (TPSA) is 52.9 Å². The van der Waals surface area contributed by atoms with Gasteiger partial charge in [0.1, 0.15) is 5.75 Å². The lowest BCUT2D eigenvalue weighted by atomic mass is 9.82. The molecule has 0 spiro atoms. The van der Waals surface area contributed by atoms with E-state index in [0.717, 1.165) is 23.3 Å². The molecule has 2 aromatic rings. The predicted octanol–water partition coefficient (Wildman–Crippen LogP) is 3.74. The first-order valence-corrected chi connectivity index (χ1v) is 9.72. The third kappa shape index (κ3) is 3.54. The van der Waals surface area contributed by atoms with Crippen LogP contribution in [0.3, 0.4) is 0 Å². The van der Waals surface area contributed by atoms with Crippen LogP contribution in [0.15, 0.2) is 40.9 Å². The second-order valence-electron chi connectivity index (χ2n) is 6.93. The summed E-state index contributed by atoms with van der Waals surface area (Å²) in [5, 5.41) is 19.6. The highest BCUT2D eigenvalue weighted by Gasteiger charge is 2.44. The van der Waals surface area contributed by atoms with Crippen molar-refractivity contribution in [2.45, 2.75) is 38.4 Å². The van der Waals surface area contributed by atoms with Gasteiger partial charge in [-0.3, -0.25) is 4.90 Å². The summed E-state index contributed by atoms with van der Waals surface area (Å²) in [7, 11) is 1.67. The van der Waals surface area contributed by atoms with Crippen molar-refractivity contribution in [3.63, 3.8) is 0 Å². The Labute approximate surface area is 163 Å². The molecule has 0 bridgehead atoms. The Hall–Kier alpha value is -1.40. The van der Waals surface area contributed by atoms with Crippen molar-refractivity contribution in [1.82, 2.24) is 4.90 Å². The fourth-order valence-electron chi connectivity index (χ4n) is 4.15. The largest absolute Gasteiger partial charge is 0.497 e. The highest BCUT2D eigenvalue weighted by atomic mass is 79.9. The highest BCUT2D eigenvalue weighted by Crippen LogP contribution is 2.47. The Kier molecular flexibility index (Phi) is 6.03. The van der Waals surface area contributed by atoms with E-state index in [1.54, 1.807) is 7.11 Å². The van der Waals surface area contributed by atoms with Crippen molar-refractivity contribution in [2.75, 3.05) is 20.3 Å². The molecule has 2 aromatic carbocycles. The first kappa shape index (κ1) is 19.4. The molecule has 1 aliphatic rings. The number of ether oxygens (including phenoxy) is 1. The molecule has 26 heavy (non-hydrogen) atoms. The first-order chi connectivity index (χ1) is 12.5. The van der Waals surface area contributed by atoms with Crippen LogP contribution in [0, 0.1) is 6.92 Å². The molecule has 0 amide bonds. The Morgan fingerprint density at radius 2 is 1.77 bits per heavy atom. The molecule has 0 fully saturated rings. The van der Waals surface area contributed by atoms with Crippen molar-refractivity contribution >= 4 is 15.9 Å². The van der Waals surface area contributed by atoms with E-state index in [0.29, 0.717) is 12.8 Å². The molecule has 0 saturated carbocycles. The van der Waals surface area contributed by atoms with Crippen molar-refractivity contribution in [1.29, 1.82) is 0 Å². The van der Waals surface area contributed by atoms with Crippen molar-refractivity contribution < 1.29 is 14.9 Å². The SMILES string of the molecule is COc1ccc(CN2Cc3c(C)cc(Br)cc3C2(CCO)CCO)cc1. The number of benzene rings is 2. The number of aliphatic hydroxyl groups is 2. The third-order valence-electron chi connectivity index (χ3n) is 5.48. The zero-order valence-electron chi connectivity index (χ0n) is 15.3. The number of halogens is 1. The Morgan fingerprint density at radius 3 is 2.35 bits per heavy atom. The van der Waals surface area contributed by atoms with Gasteiger partial charge < -0.3 is 14.9 Å². The Balaban J connectivity index is 2.01. The first-order valence-electron chi connectivity index (χ1n) is 8.93. The van der Waals surface area contributed by atoms with Crippen molar-refractivity contribution in [3.05, 3.63) is 63.1 Å². The van der Waals surface area contributed by atoms with Crippen molar-refractivity contribution in [3.8, 4) is 5.75 Å². The number of hydrogen-bond acceptors (Lipinski definition) is 4. The fourth-order valence-corrected chi connectivity index (χ4v) is 4.72. The standard InChI is InChI=1S/C21H26BrNO3/c1-15-11-17(22)12-20-19(15)14-23(21(20,7-9-24)8-10-25)13-16-3-5-18(26-2)6-4-16/h3-6,11-12,24-25H,7-10,13-14H2,1-2H3. The predicted molar refractivity (Wildman–Crippen MR) is 106 cm³/mol. The molecule has 1 aliphatic heterocycles. The molecular formula is C21H26BrNO3. The van der Waals surface area contributed by atoms with Gasteiger partial charge in [0.05, 0.1) is 12.6 Å². The van der Waals surface area contributed by atoms with E-state index < -0.39 is 0 Å². The molecule has 4 nitrogen and oxygen atoms in total. The number of hydrogen-bond donors (Lipinski definition) is 2. The minimum absolute atomic E-state index is 0.0874. The average Bonchev–Trinajstić information content (AvgIpc) is 2.90. The number of rotatable bonds is 7. The van der Waals surface area contributed by atoms with Crippen LogP contribution in [0.5, 0.6) is 5.75 Å². The van der Waals surface area contributed by atoms with Crippen LogP contribution in [-0.2, 0) is 18.6 Å². The van der Waals surface area contributed by atoms with Gasteiger partial charge in [0.25, 0.3) is 0 Å². The van der Waals surface area contributed by atoms with E-state index in [1.807, 2.05) is 12.1 Å². The van der Waals surface area contributed by atoms with E-state index in [9.17, 15) is 10.2 Å². The maximum Gasteiger partial charge on any atom is 0.118 e. The van der Waals surface area contributed by atoms with Crippen LogP contribution in [0.25, 0.3) is 0 Å². The smallest absolute Gasteiger partial charge is 0.118 e. The molecule has 2 N–H and O–H groups in total. The second-order valence-corrected chi connectivity index (χ2v) is 7.85. The number of fused-ring (bicyclic) bond motifs is 1. The summed E-state index contributed by atoms with van der Waals surface area (Å²) in [6.45, 7) is 3.88. The fraction of sp³-hybridized carbons (Fsp3) is 0.429. The van der Waals surface area contributed by atoms with E-state index >= 15 is 0 Å². The summed E-state index contributed by atoms with van der Waals surface area (Å²) in [6.07, 6.45) is 1.21.